The second kappa shape index (κ2) is 6.99. The first-order valence-electron chi connectivity index (χ1n) is 8.95. The number of rotatable bonds is 2. The Kier molecular flexibility index (Phi) is 4.88. The SMILES string of the molecule is CC[O][Zr+]1[CH]2C(=Cc3ccccc32)CCC2=Cc3ccccc3[CH]21.[Cl-]. The molecule has 0 bridgehead atoms. The molecule has 2 unspecified atom stereocenters. The van der Waals surface area contributed by atoms with Crippen molar-refractivity contribution in [3.05, 3.63) is 81.9 Å². The molecular weight excluding hydrogens is 407 g/mol. The molecule has 2 aromatic carbocycles. The van der Waals surface area contributed by atoms with Crippen molar-refractivity contribution in [2.75, 3.05) is 6.61 Å². The van der Waals surface area contributed by atoms with Crippen molar-refractivity contribution in [1.82, 2.24) is 0 Å². The van der Waals surface area contributed by atoms with Crippen LogP contribution < -0.4 is 12.4 Å². The minimum absolute atomic E-state index is 0. The van der Waals surface area contributed by atoms with Gasteiger partial charge in [0.2, 0.25) is 0 Å². The maximum Gasteiger partial charge on any atom is -1.00 e. The van der Waals surface area contributed by atoms with E-state index >= 15 is 0 Å². The van der Waals surface area contributed by atoms with Crippen molar-refractivity contribution >= 4 is 12.2 Å². The Morgan fingerprint density at radius 2 is 1.32 bits per heavy atom. The largest absolute Gasteiger partial charge is 1.00 e. The third kappa shape index (κ3) is 2.74. The predicted molar refractivity (Wildman–Crippen MR) is 95.2 cm³/mol. The number of hydrogen-bond donors (Lipinski definition) is 0. The van der Waals surface area contributed by atoms with E-state index in [2.05, 4.69) is 67.6 Å². The Hall–Kier alpha value is -0.947. The number of allylic oxidation sites excluding steroid dienone is 2. The second-order valence-corrected chi connectivity index (χ2v) is 12.4. The molecule has 0 amide bonds. The third-order valence-electron chi connectivity index (χ3n) is 5.62. The molecule has 1 nitrogen and oxygen atoms in total. The zero-order chi connectivity index (χ0) is 16.1. The fourth-order valence-corrected chi connectivity index (χ4v) is 12.8. The summed E-state index contributed by atoms with van der Waals surface area (Å²) in [4.78, 5) is 0. The van der Waals surface area contributed by atoms with Crippen LogP contribution in [-0.4, -0.2) is 6.61 Å². The van der Waals surface area contributed by atoms with Crippen LogP contribution in [0.4, 0.5) is 0 Å². The van der Waals surface area contributed by atoms with Gasteiger partial charge in [-0.25, -0.2) is 0 Å². The summed E-state index contributed by atoms with van der Waals surface area (Å²) in [5, 5.41) is 0. The molecule has 0 radical (unpaired) electrons. The maximum absolute atomic E-state index is 6.62. The zero-order valence-corrected chi connectivity index (χ0v) is 17.5. The van der Waals surface area contributed by atoms with Crippen molar-refractivity contribution in [2.45, 2.75) is 27.0 Å². The van der Waals surface area contributed by atoms with E-state index in [4.69, 9.17) is 2.81 Å². The quantitative estimate of drug-likeness (QED) is 0.715. The van der Waals surface area contributed by atoms with Crippen LogP contribution in [0.5, 0.6) is 0 Å². The topological polar surface area (TPSA) is 9.23 Å². The van der Waals surface area contributed by atoms with Crippen LogP contribution >= 0.6 is 0 Å². The summed E-state index contributed by atoms with van der Waals surface area (Å²) >= 11 is -2.22. The molecule has 25 heavy (non-hydrogen) atoms. The molecule has 0 spiro atoms. The van der Waals surface area contributed by atoms with Crippen LogP contribution in [0.3, 0.4) is 0 Å². The molecule has 0 aromatic heterocycles. The van der Waals surface area contributed by atoms with Crippen LogP contribution in [0.2, 0.25) is 0 Å². The third-order valence-corrected chi connectivity index (χ3v) is 13.3. The molecule has 2 aliphatic carbocycles. The van der Waals surface area contributed by atoms with Crippen LogP contribution in [-0.2, 0) is 25.0 Å². The molecule has 1 saturated heterocycles. The van der Waals surface area contributed by atoms with Gasteiger partial charge in [0.05, 0.1) is 0 Å². The van der Waals surface area contributed by atoms with E-state index in [-0.39, 0.29) is 12.4 Å². The summed E-state index contributed by atoms with van der Waals surface area (Å²) < 4.78 is 7.82. The number of benzene rings is 2. The number of halogens is 1. The van der Waals surface area contributed by atoms with E-state index in [0.717, 1.165) is 6.61 Å². The second-order valence-electron chi connectivity index (χ2n) is 6.90. The van der Waals surface area contributed by atoms with Crippen LogP contribution in [0.1, 0.15) is 49.3 Å². The van der Waals surface area contributed by atoms with Gasteiger partial charge in [0.15, 0.2) is 0 Å². The minimum Gasteiger partial charge on any atom is -1.00 e. The first-order valence-corrected chi connectivity index (χ1v) is 12.8. The van der Waals surface area contributed by atoms with Gasteiger partial charge < -0.3 is 12.4 Å². The number of hydrogen-bond acceptors (Lipinski definition) is 1. The monoisotopic (exact) mass is 426 g/mol. The fourth-order valence-electron chi connectivity index (χ4n) is 4.67. The Morgan fingerprint density at radius 3 is 1.80 bits per heavy atom. The van der Waals surface area contributed by atoms with E-state index in [0.29, 0.717) is 7.25 Å². The molecular formula is C22H21ClOZr. The molecule has 0 N–H and O–H groups in total. The molecule has 1 aliphatic heterocycles. The van der Waals surface area contributed by atoms with E-state index in [9.17, 15) is 0 Å². The summed E-state index contributed by atoms with van der Waals surface area (Å²) in [5.41, 5.74) is 9.25. The van der Waals surface area contributed by atoms with Crippen LogP contribution in [0, 0.1) is 0 Å². The molecule has 0 saturated carbocycles. The first-order chi connectivity index (χ1) is 11.9. The molecule has 2 aromatic rings. The average Bonchev–Trinajstić information content (AvgIpc) is 3.12. The average molecular weight is 428 g/mol. The Balaban J connectivity index is 0.00000157. The summed E-state index contributed by atoms with van der Waals surface area (Å²) in [5.74, 6) is 0. The molecule has 2 atom stereocenters. The first kappa shape index (κ1) is 17.5. The van der Waals surface area contributed by atoms with Gasteiger partial charge in [0.1, 0.15) is 0 Å². The van der Waals surface area contributed by atoms with Crippen molar-refractivity contribution in [2.24, 2.45) is 0 Å². The normalized spacial score (nSPS) is 22.7. The maximum atomic E-state index is 6.62. The molecule has 1 heterocycles. The smallest absolute Gasteiger partial charge is 1.00 e. The molecule has 5 rings (SSSR count). The summed E-state index contributed by atoms with van der Waals surface area (Å²) in [6.45, 7) is 3.03. The summed E-state index contributed by atoms with van der Waals surface area (Å²) in [7, 11) is 0. The Morgan fingerprint density at radius 1 is 0.840 bits per heavy atom. The van der Waals surface area contributed by atoms with Crippen molar-refractivity contribution in [3.8, 4) is 0 Å². The van der Waals surface area contributed by atoms with Crippen molar-refractivity contribution in [3.63, 3.8) is 0 Å². The van der Waals surface area contributed by atoms with Gasteiger partial charge in [0, 0.05) is 0 Å². The van der Waals surface area contributed by atoms with Gasteiger partial charge >= 0.3 is 153 Å². The molecule has 3 aliphatic rings. The van der Waals surface area contributed by atoms with Gasteiger partial charge in [-0.3, -0.25) is 0 Å². The van der Waals surface area contributed by atoms with Gasteiger partial charge in [-0.2, -0.15) is 0 Å². The number of fused-ring (bicyclic) bond motifs is 6. The van der Waals surface area contributed by atoms with Gasteiger partial charge in [0.25, 0.3) is 0 Å². The van der Waals surface area contributed by atoms with Crippen LogP contribution in [0.15, 0.2) is 59.7 Å². The summed E-state index contributed by atoms with van der Waals surface area (Å²) in [6, 6.07) is 18.0. The zero-order valence-electron chi connectivity index (χ0n) is 14.3. The minimum atomic E-state index is -2.22. The molecule has 3 heteroatoms. The Bertz CT molecular complexity index is 800. The Labute approximate surface area is 164 Å². The predicted octanol–water partition coefficient (Wildman–Crippen LogP) is 2.63. The van der Waals surface area contributed by atoms with E-state index < -0.39 is 22.2 Å². The van der Waals surface area contributed by atoms with Gasteiger partial charge in [-0.05, 0) is 0 Å². The van der Waals surface area contributed by atoms with Crippen molar-refractivity contribution < 1.29 is 37.4 Å². The molecule has 1 fully saturated rings. The summed E-state index contributed by atoms with van der Waals surface area (Å²) in [6.07, 6.45) is 7.33. The van der Waals surface area contributed by atoms with Crippen molar-refractivity contribution in [1.29, 1.82) is 0 Å². The van der Waals surface area contributed by atoms with E-state index in [1.54, 1.807) is 22.3 Å². The van der Waals surface area contributed by atoms with E-state index in [1.165, 1.54) is 24.0 Å². The van der Waals surface area contributed by atoms with Gasteiger partial charge in [-0.15, -0.1) is 0 Å². The molecule has 126 valence electrons. The van der Waals surface area contributed by atoms with Crippen LogP contribution in [0.25, 0.3) is 12.2 Å². The fraction of sp³-hybridized carbons (Fsp3) is 0.273. The standard InChI is InChI=1S/C20H16.C2H5O.ClH.Zr/c1-2-6-18-12-15(11-17(18)5-1)9-10-16-13-19-7-3-4-8-20(19)14-16;1-2-3;;/h1-8,11-14H,9-10H2;2H2,1H3;1H;/q;-1;;+2/p-1. The van der Waals surface area contributed by atoms with E-state index in [1.807, 2.05) is 0 Å². The van der Waals surface area contributed by atoms with Gasteiger partial charge in [-0.1, -0.05) is 0 Å².